The Kier molecular flexibility index (Phi) is 13.0. The lowest BCUT2D eigenvalue weighted by molar-refractivity contribution is -0.858. The van der Waals surface area contributed by atoms with Crippen molar-refractivity contribution in [3.63, 3.8) is 0 Å². The Labute approximate surface area is 182 Å². The van der Waals surface area contributed by atoms with Gasteiger partial charge in [-0.05, 0) is 44.2 Å². The van der Waals surface area contributed by atoms with Crippen LogP contribution < -0.4 is 31.4 Å². The number of hydrogen-bond acceptors (Lipinski definition) is 2. The number of nitrogens with one attached hydrogen (secondary N) is 1. The molecule has 0 aliphatic rings. The highest BCUT2D eigenvalue weighted by atomic mass is 79.9. The number of hydrogen-bond donors (Lipinski definition) is 1. The number of fused-ring (bicyclic) bond motifs is 1. The van der Waals surface area contributed by atoms with Crippen LogP contribution in [-0.2, 0) is 0 Å². The maximum Gasteiger partial charge on any atom is 0.127 e. The minimum atomic E-state index is 0. The van der Waals surface area contributed by atoms with Crippen LogP contribution >= 0.6 is 0 Å². The molecule has 0 saturated carbocycles. The fourth-order valence-corrected chi connectivity index (χ4v) is 3.33. The standard InChI is InChI=1S/C24H37NO2.BrH/c1-4-5-6-10-19-26-23-16-12-15-22-21(23)14-13-17-24(22)27-20-11-8-7-9-18-25(2)3;/h12-17H,4-11,18-20H2,1-3H3;1H. The molecule has 3 nitrogen and oxygen atoms in total. The van der Waals surface area contributed by atoms with Crippen molar-refractivity contribution in [2.45, 2.75) is 58.3 Å². The van der Waals surface area contributed by atoms with Gasteiger partial charge in [0.25, 0.3) is 0 Å². The normalized spacial score (nSPS) is 10.9. The molecule has 4 heteroatoms. The molecule has 2 aromatic carbocycles. The van der Waals surface area contributed by atoms with Crippen molar-refractivity contribution < 1.29 is 31.4 Å². The summed E-state index contributed by atoms with van der Waals surface area (Å²) in [6, 6.07) is 12.5. The highest BCUT2D eigenvalue weighted by molar-refractivity contribution is 5.93. The van der Waals surface area contributed by atoms with E-state index in [1.807, 2.05) is 0 Å². The van der Waals surface area contributed by atoms with E-state index in [1.54, 1.807) is 0 Å². The van der Waals surface area contributed by atoms with Crippen molar-refractivity contribution in [1.29, 1.82) is 0 Å². The van der Waals surface area contributed by atoms with Gasteiger partial charge in [-0.1, -0.05) is 50.5 Å². The van der Waals surface area contributed by atoms with E-state index in [4.69, 9.17) is 9.47 Å². The third-order valence-corrected chi connectivity index (χ3v) is 4.93. The molecule has 0 bridgehead atoms. The first-order valence-electron chi connectivity index (χ1n) is 10.8. The molecule has 0 unspecified atom stereocenters. The molecule has 0 spiro atoms. The number of rotatable bonds is 14. The van der Waals surface area contributed by atoms with Gasteiger partial charge < -0.3 is 31.4 Å². The molecule has 0 amide bonds. The molecule has 0 heterocycles. The Morgan fingerprint density at radius 3 is 1.68 bits per heavy atom. The zero-order valence-electron chi connectivity index (χ0n) is 17.9. The van der Waals surface area contributed by atoms with Gasteiger partial charge in [0.15, 0.2) is 0 Å². The summed E-state index contributed by atoms with van der Waals surface area (Å²) in [5, 5.41) is 2.30. The molecule has 0 radical (unpaired) electrons. The third-order valence-electron chi connectivity index (χ3n) is 4.93. The van der Waals surface area contributed by atoms with Crippen molar-refractivity contribution in [3.8, 4) is 11.5 Å². The number of ether oxygens (including phenoxy) is 2. The average molecular weight is 452 g/mol. The first kappa shape index (κ1) is 24.8. The Bertz CT molecular complexity index is 660. The lowest BCUT2D eigenvalue weighted by Crippen LogP contribution is -3.05. The summed E-state index contributed by atoms with van der Waals surface area (Å²) in [5.74, 6) is 1.95. The van der Waals surface area contributed by atoms with Gasteiger partial charge >= 0.3 is 0 Å². The molecular formula is C24H38BrNO2. The minimum absolute atomic E-state index is 0. The van der Waals surface area contributed by atoms with Crippen LogP contribution in [0.25, 0.3) is 10.8 Å². The maximum absolute atomic E-state index is 6.10. The van der Waals surface area contributed by atoms with Crippen molar-refractivity contribution in [3.05, 3.63) is 36.4 Å². The van der Waals surface area contributed by atoms with E-state index in [0.29, 0.717) is 0 Å². The Hall–Kier alpha value is -1.26. The monoisotopic (exact) mass is 451 g/mol. The van der Waals surface area contributed by atoms with Crippen LogP contribution in [0.3, 0.4) is 0 Å². The summed E-state index contributed by atoms with van der Waals surface area (Å²) >= 11 is 0. The molecule has 28 heavy (non-hydrogen) atoms. The lowest BCUT2D eigenvalue weighted by atomic mass is 10.1. The summed E-state index contributed by atoms with van der Waals surface area (Å²) in [7, 11) is 4.43. The first-order valence-corrected chi connectivity index (χ1v) is 10.8. The van der Waals surface area contributed by atoms with Gasteiger partial charge in [0, 0.05) is 10.8 Å². The molecule has 2 aromatic rings. The predicted molar refractivity (Wildman–Crippen MR) is 115 cm³/mol. The Morgan fingerprint density at radius 2 is 1.18 bits per heavy atom. The molecule has 0 aliphatic carbocycles. The summed E-state index contributed by atoms with van der Waals surface area (Å²) in [6.45, 7) is 5.07. The largest absolute Gasteiger partial charge is 1.00 e. The molecule has 0 aliphatic heterocycles. The van der Waals surface area contributed by atoms with Crippen molar-refractivity contribution in [1.82, 2.24) is 0 Å². The van der Waals surface area contributed by atoms with E-state index in [1.165, 1.54) is 50.0 Å². The molecule has 0 saturated heterocycles. The lowest BCUT2D eigenvalue weighted by Gasteiger charge is -2.13. The SMILES string of the molecule is CCCCCCOc1cccc2c(OCCCCCC[NH+](C)C)cccc12.[Br-]. The Morgan fingerprint density at radius 1 is 0.679 bits per heavy atom. The van der Waals surface area contributed by atoms with Crippen LogP contribution in [0.15, 0.2) is 36.4 Å². The zero-order valence-corrected chi connectivity index (χ0v) is 19.5. The second kappa shape index (κ2) is 14.7. The molecule has 158 valence electrons. The summed E-state index contributed by atoms with van der Waals surface area (Å²) in [5.41, 5.74) is 0. The number of halogens is 1. The zero-order chi connectivity index (χ0) is 19.3. The second-order valence-electron chi connectivity index (χ2n) is 7.74. The maximum atomic E-state index is 6.10. The molecular weight excluding hydrogens is 414 g/mol. The van der Waals surface area contributed by atoms with Crippen molar-refractivity contribution in [2.75, 3.05) is 33.9 Å². The molecule has 0 aromatic heterocycles. The molecule has 0 fully saturated rings. The van der Waals surface area contributed by atoms with E-state index in [0.717, 1.165) is 48.3 Å². The fourth-order valence-electron chi connectivity index (χ4n) is 3.33. The molecule has 0 atom stereocenters. The van der Waals surface area contributed by atoms with E-state index in [2.05, 4.69) is 57.4 Å². The van der Waals surface area contributed by atoms with E-state index >= 15 is 0 Å². The number of benzene rings is 2. The predicted octanol–water partition coefficient (Wildman–Crippen LogP) is 1.89. The second-order valence-corrected chi connectivity index (χ2v) is 7.74. The van der Waals surface area contributed by atoms with Crippen LogP contribution in [-0.4, -0.2) is 33.9 Å². The minimum Gasteiger partial charge on any atom is -1.00 e. The topological polar surface area (TPSA) is 22.9 Å². The third kappa shape index (κ3) is 8.83. The smallest absolute Gasteiger partial charge is 0.127 e. The number of unbranched alkanes of at least 4 members (excludes halogenated alkanes) is 6. The van der Waals surface area contributed by atoms with E-state index < -0.39 is 0 Å². The highest BCUT2D eigenvalue weighted by Crippen LogP contribution is 2.32. The summed E-state index contributed by atoms with van der Waals surface area (Å²) in [6.07, 6.45) is 9.85. The van der Waals surface area contributed by atoms with Crippen molar-refractivity contribution in [2.24, 2.45) is 0 Å². The van der Waals surface area contributed by atoms with Crippen LogP contribution in [0.4, 0.5) is 0 Å². The van der Waals surface area contributed by atoms with Crippen LogP contribution in [0, 0.1) is 0 Å². The van der Waals surface area contributed by atoms with E-state index in [9.17, 15) is 0 Å². The van der Waals surface area contributed by atoms with Crippen molar-refractivity contribution >= 4 is 10.8 Å². The van der Waals surface area contributed by atoms with Gasteiger partial charge in [0.05, 0.1) is 33.9 Å². The number of quaternary nitrogens is 1. The van der Waals surface area contributed by atoms with Gasteiger partial charge in [-0.25, -0.2) is 0 Å². The van der Waals surface area contributed by atoms with Gasteiger partial charge in [-0.3, -0.25) is 0 Å². The summed E-state index contributed by atoms with van der Waals surface area (Å²) in [4.78, 5) is 1.53. The van der Waals surface area contributed by atoms with Crippen LogP contribution in [0.2, 0.25) is 0 Å². The van der Waals surface area contributed by atoms with Gasteiger partial charge in [-0.2, -0.15) is 0 Å². The molecule has 1 N–H and O–H groups in total. The average Bonchev–Trinajstić information content (AvgIpc) is 2.67. The van der Waals surface area contributed by atoms with Gasteiger partial charge in [0.2, 0.25) is 0 Å². The quantitative estimate of drug-likeness (QED) is 0.443. The first-order chi connectivity index (χ1) is 13.2. The van der Waals surface area contributed by atoms with Gasteiger partial charge in [-0.15, -0.1) is 0 Å². The van der Waals surface area contributed by atoms with E-state index in [-0.39, 0.29) is 17.0 Å². The van der Waals surface area contributed by atoms with Crippen LogP contribution in [0.1, 0.15) is 58.3 Å². The van der Waals surface area contributed by atoms with Gasteiger partial charge in [0.1, 0.15) is 11.5 Å². The van der Waals surface area contributed by atoms with Crippen LogP contribution in [0.5, 0.6) is 11.5 Å². The molecule has 2 rings (SSSR count). The fraction of sp³-hybridized carbons (Fsp3) is 0.583. The summed E-state index contributed by atoms with van der Waals surface area (Å²) < 4.78 is 12.2. The highest BCUT2D eigenvalue weighted by Gasteiger charge is 2.07. The Balaban J connectivity index is 0.00000392.